The summed E-state index contributed by atoms with van der Waals surface area (Å²) in [6, 6.07) is 14.5. The first-order chi connectivity index (χ1) is 13.6. The van der Waals surface area contributed by atoms with Gasteiger partial charge in [-0.3, -0.25) is 9.59 Å². The van der Waals surface area contributed by atoms with E-state index in [0.717, 1.165) is 12.8 Å². The molecule has 2 rings (SSSR count). The molecule has 0 bridgehead atoms. The second-order valence-corrected chi connectivity index (χ2v) is 6.35. The van der Waals surface area contributed by atoms with E-state index in [9.17, 15) is 9.59 Å². The van der Waals surface area contributed by atoms with Gasteiger partial charge >= 0.3 is 0 Å². The topological polar surface area (TPSA) is 76.7 Å². The Morgan fingerprint density at radius 2 is 1.18 bits per heavy atom. The highest BCUT2D eigenvalue weighted by molar-refractivity contribution is 5.96. The molecule has 150 valence electrons. The average Bonchev–Trinajstić information content (AvgIpc) is 2.70. The number of benzene rings is 2. The van der Waals surface area contributed by atoms with Crippen molar-refractivity contribution in [1.82, 2.24) is 0 Å². The third-order valence-electron chi connectivity index (χ3n) is 3.76. The SMILES string of the molecule is CCCOc1cccc(NC(=O)CCC(=O)Nc2cccc(OCCC)c2)c1. The lowest BCUT2D eigenvalue weighted by molar-refractivity contribution is -0.121. The summed E-state index contributed by atoms with van der Waals surface area (Å²) in [5.74, 6) is 0.982. The fourth-order valence-corrected chi connectivity index (χ4v) is 2.44. The van der Waals surface area contributed by atoms with E-state index in [1.807, 2.05) is 38.1 Å². The van der Waals surface area contributed by atoms with Crippen molar-refractivity contribution in [2.75, 3.05) is 23.8 Å². The van der Waals surface area contributed by atoms with Crippen LogP contribution in [-0.4, -0.2) is 25.0 Å². The van der Waals surface area contributed by atoms with Crippen LogP contribution in [0.2, 0.25) is 0 Å². The molecule has 28 heavy (non-hydrogen) atoms. The van der Waals surface area contributed by atoms with Crippen LogP contribution in [0.5, 0.6) is 11.5 Å². The quantitative estimate of drug-likeness (QED) is 0.593. The molecule has 0 unspecified atom stereocenters. The van der Waals surface area contributed by atoms with Crippen molar-refractivity contribution in [2.45, 2.75) is 39.5 Å². The number of carbonyl (C=O) groups is 2. The third kappa shape index (κ3) is 7.70. The lowest BCUT2D eigenvalue weighted by atomic mass is 10.2. The zero-order valence-electron chi connectivity index (χ0n) is 16.5. The smallest absolute Gasteiger partial charge is 0.224 e. The first kappa shape index (κ1) is 21.3. The maximum Gasteiger partial charge on any atom is 0.224 e. The molecule has 0 radical (unpaired) electrons. The van der Waals surface area contributed by atoms with Gasteiger partial charge in [-0.05, 0) is 37.1 Å². The standard InChI is InChI=1S/C22H28N2O4/c1-3-13-27-19-9-5-7-17(15-19)23-21(25)11-12-22(26)24-18-8-6-10-20(16-18)28-14-4-2/h5-10,15-16H,3-4,11-14H2,1-2H3,(H,23,25)(H,24,26). The van der Waals surface area contributed by atoms with Gasteiger partial charge in [0.1, 0.15) is 11.5 Å². The van der Waals surface area contributed by atoms with Crippen LogP contribution in [0.25, 0.3) is 0 Å². The van der Waals surface area contributed by atoms with Crippen molar-refractivity contribution < 1.29 is 19.1 Å². The summed E-state index contributed by atoms with van der Waals surface area (Å²) in [5.41, 5.74) is 1.31. The van der Waals surface area contributed by atoms with Crippen LogP contribution in [-0.2, 0) is 9.59 Å². The molecule has 6 nitrogen and oxygen atoms in total. The second-order valence-electron chi connectivity index (χ2n) is 6.35. The molecule has 0 saturated heterocycles. The van der Waals surface area contributed by atoms with Gasteiger partial charge in [-0.1, -0.05) is 26.0 Å². The molecule has 0 aliphatic heterocycles. The lowest BCUT2D eigenvalue weighted by Gasteiger charge is -2.10. The number of ether oxygens (including phenoxy) is 2. The minimum Gasteiger partial charge on any atom is -0.494 e. The summed E-state index contributed by atoms with van der Waals surface area (Å²) in [6.45, 7) is 5.32. The summed E-state index contributed by atoms with van der Waals surface area (Å²) < 4.78 is 11.1. The Morgan fingerprint density at radius 1 is 0.750 bits per heavy atom. The molecule has 0 spiro atoms. The van der Waals surface area contributed by atoms with Gasteiger partial charge in [0.15, 0.2) is 0 Å². The summed E-state index contributed by atoms with van der Waals surface area (Å²) in [7, 11) is 0. The Balaban J connectivity index is 1.78. The molecule has 0 atom stereocenters. The van der Waals surface area contributed by atoms with Crippen molar-refractivity contribution in [3.8, 4) is 11.5 Å². The van der Waals surface area contributed by atoms with Crippen LogP contribution >= 0.6 is 0 Å². The van der Waals surface area contributed by atoms with Crippen LogP contribution in [0.3, 0.4) is 0 Å². The van der Waals surface area contributed by atoms with E-state index in [0.29, 0.717) is 36.1 Å². The molecule has 0 fully saturated rings. The van der Waals surface area contributed by atoms with Gasteiger partial charge in [0.25, 0.3) is 0 Å². The molecule has 0 saturated carbocycles. The molecule has 0 heterocycles. The number of hydrogen-bond donors (Lipinski definition) is 2. The molecule has 0 aromatic heterocycles. The number of nitrogens with one attached hydrogen (secondary N) is 2. The fourth-order valence-electron chi connectivity index (χ4n) is 2.44. The third-order valence-corrected chi connectivity index (χ3v) is 3.76. The Bertz CT molecular complexity index is 711. The first-order valence-electron chi connectivity index (χ1n) is 9.66. The highest BCUT2D eigenvalue weighted by Gasteiger charge is 2.09. The normalized spacial score (nSPS) is 10.2. The van der Waals surface area contributed by atoms with Gasteiger partial charge in [0, 0.05) is 36.3 Å². The van der Waals surface area contributed by atoms with Crippen LogP contribution in [0.4, 0.5) is 11.4 Å². The molecule has 0 aliphatic rings. The van der Waals surface area contributed by atoms with Gasteiger partial charge in [-0.2, -0.15) is 0 Å². The van der Waals surface area contributed by atoms with Crippen LogP contribution in [0.1, 0.15) is 39.5 Å². The first-order valence-corrected chi connectivity index (χ1v) is 9.66. The van der Waals surface area contributed by atoms with E-state index in [1.54, 1.807) is 24.3 Å². The van der Waals surface area contributed by atoms with Crippen molar-refractivity contribution in [2.24, 2.45) is 0 Å². The predicted octanol–water partition coefficient (Wildman–Crippen LogP) is 4.62. The van der Waals surface area contributed by atoms with E-state index in [1.165, 1.54) is 0 Å². The van der Waals surface area contributed by atoms with Gasteiger partial charge in [-0.15, -0.1) is 0 Å². The minimum atomic E-state index is -0.220. The van der Waals surface area contributed by atoms with Crippen molar-refractivity contribution in [3.05, 3.63) is 48.5 Å². The lowest BCUT2D eigenvalue weighted by Crippen LogP contribution is -2.17. The predicted molar refractivity (Wildman–Crippen MR) is 111 cm³/mol. The molecular formula is C22H28N2O4. The van der Waals surface area contributed by atoms with Crippen LogP contribution < -0.4 is 20.1 Å². The van der Waals surface area contributed by atoms with Crippen molar-refractivity contribution >= 4 is 23.2 Å². The molecule has 6 heteroatoms. The Morgan fingerprint density at radius 3 is 1.57 bits per heavy atom. The van der Waals surface area contributed by atoms with Gasteiger partial charge in [0.05, 0.1) is 13.2 Å². The Kier molecular flexibility index (Phi) is 8.85. The number of rotatable bonds is 11. The maximum atomic E-state index is 12.1. The average molecular weight is 384 g/mol. The highest BCUT2D eigenvalue weighted by atomic mass is 16.5. The molecule has 2 N–H and O–H groups in total. The zero-order valence-corrected chi connectivity index (χ0v) is 16.5. The molecule has 2 amide bonds. The van der Waals surface area contributed by atoms with Crippen LogP contribution in [0.15, 0.2) is 48.5 Å². The number of anilines is 2. The van der Waals surface area contributed by atoms with E-state index >= 15 is 0 Å². The second kappa shape index (κ2) is 11.6. The van der Waals surface area contributed by atoms with Crippen molar-refractivity contribution in [1.29, 1.82) is 0 Å². The maximum absolute atomic E-state index is 12.1. The fraction of sp³-hybridized carbons (Fsp3) is 0.364. The summed E-state index contributed by atoms with van der Waals surface area (Å²) in [4.78, 5) is 24.2. The Hall–Kier alpha value is -3.02. The summed E-state index contributed by atoms with van der Waals surface area (Å²) >= 11 is 0. The number of amides is 2. The van der Waals surface area contributed by atoms with E-state index in [2.05, 4.69) is 10.6 Å². The zero-order chi connectivity index (χ0) is 20.2. The molecule has 2 aromatic rings. The van der Waals surface area contributed by atoms with Crippen molar-refractivity contribution in [3.63, 3.8) is 0 Å². The monoisotopic (exact) mass is 384 g/mol. The van der Waals surface area contributed by atoms with E-state index in [4.69, 9.17) is 9.47 Å². The van der Waals surface area contributed by atoms with Gasteiger partial charge in [0.2, 0.25) is 11.8 Å². The molecular weight excluding hydrogens is 356 g/mol. The number of carbonyl (C=O) groups excluding carboxylic acids is 2. The van der Waals surface area contributed by atoms with Gasteiger partial charge < -0.3 is 20.1 Å². The van der Waals surface area contributed by atoms with E-state index in [-0.39, 0.29) is 24.7 Å². The highest BCUT2D eigenvalue weighted by Crippen LogP contribution is 2.19. The molecule has 2 aromatic carbocycles. The minimum absolute atomic E-state index is 0.0951. The number of hydrogen-bond acceptors (Lipinski definition) is 4. The largest absolute Gasteiger partial charge is 0.494 e. The van der Waals surface area contributed by atoms with E-state index < -0.39 is 0 Å². The summed E-state index contributed by atoms with van der Waals surface area (Å²) in [5, 5.41) is 5.58. The Labute approximate surface area is 166 Å². The van der Waals surface area contributed by atoms with Gasteiger partial charge in [-0.25, -0.2) is 0 Å². The van der Waals surface area contributed by atoms with Crippen LogP contribution in [0, 0.1) is 0 Å². The molecule has 0 aliphatic carbocycles. The summed E-state index contributed by atoms with van der Waals surface area (Å²) in [6.07, 6.45) is 2.02.